The normalized spacial score (nSPS) is 11.7. The fourth-order valence-electron chi connectivity index (χ4n) is 1.68. The molecule has 6 heteroatoms. The lowest BCUT2D eigenvalue weighted by atomic mass is 9.98. The monoisotopic (exact) mass is 354 g/mol. The second-order valence-electron chi connectivity index (χ2n) is 5.61. The van der Waals surface area contributed by atoms with E-state index in [0.29, 0.717) is 5.82 Å². The van der Waals surface area contributed by atoms with Crippen molar-refractivity contribution in [1.82, 2.24) is 15.0 Å². The molecule has 0 atom stereocenters. The molecule has 0 aromatic carbocycles. The van der Waals surface area contributed by atoms with Gasteiger partial charge in [0.25, 0.3) is 0 Å². The number of hydrogen-bond donors (Lipinski definition) is 1. The van der Waals surface area contributed by atoms with Gasteiger partial charge >= 0.3 is 0 Å². The number of nitrogens with one attached hydrogen (secondary N) is 1. The molecule has 0 fully saturated rings. The largest absolute Gasteiger partial charge is 0.369 e. The molecule has 0 bridgehead atoms. The summed E-state index contributed by atoms with van der Waals surface area (Å²) in [6, 6.07) is 0. The molecule has 0 saturated heterocycles. The zero-order valence-electron chi connectivity index (χ0n) is 12.4. The number of aryl methyl sites for hydroxylation is 1. The first-order chi connectivity index (χ1) is 9.32. The van der Waals surface area contributed by atoms with Crippen LogP contribution in [-0.2, 0) is 5.41 Å². The van der Waals surface area contributed by atoms with Gasteiger partial charge in [0, 0.05) is 17.3 Å². The van der Waals surface area contributed by atoms with Crippen LogP contribution in [0.25, 0.3) is 11.5 Å². The number of nitrogens with zero attached hydrogens (tertiary/aromatic N) is 3. The van der Waals surface area contributed by atoms with E-state index in [1.807, 2.05) is 19.2 Å². The zero-order chi connectivity index (χ0) is 14.9. The summed E-state index contributed by atoms with van der Waals surface area (Å²) in [6.45, 7) is 11.3. The van der Waals surface area contributed by atoms with Crippen LogP contribution in [0.1, 0.15) is 38.4 Å². The molecule has 0 radical (unpaired) electrons. The maximum Gasteiger partial charge on any atom is 0.181 e. The standard InChI is InChI=1S/C14H19BrN4S/c1-6-16-12-10(15)8(2)17-11(19-12)9-7-20-13(18-9)14(3,4)5/h7H,6H2,1-5H3,(H,16,17,19). The highest BCUT2D eigenvalue weighted by molar-refractivity contribution is 9.10. The van der Waals surface area contributed by atoms with Crippen molar-refractivity contribution >= 4 is 33.1 Å². The first-order valence-corrected chi connectivity index (χ1v) is 8.24. The van der Waals surface area contributed by atoms with Crippen LogP contribution in [0.15, 0.2) is 9.85 Å². The molecule has 2 rings (SSSR count). The number of rotatable bonds is 3. The molecule has 0 aliphatic heterocycles. The third kappa shape index (κ3) is 3.17. The summed E-state index contributed by atoms with van der Waals surface area (Å²) in [6.07, 6.45) is 0. The van der Waals surface area contributed by atoms with Gasteiger partial charge in [0.1, 0.15) is 11.5 Å². The molecule has 4 nitrogen and oxygen atoms in total. The van der Waals surface area contributed by atoms with E-state index in [4.69, 9.17) is 0 Å². The minimum Gasteiger partial charge on any atom is -0.369 e. The Morgan fingerprint density at radius 3 is 2.50 bits per heavy atom. The van der Waals surface area contributed by atoms with E-state index in [2.05, 4.69) is 57.0 Å². The highest BCUT2D eigenvalue weighted by atomic mass is 79.9. The Balaban J connectivity index is 2.45. The van der Waals surface area contributed by atoms with E-state index in [1.165, 1.54) is 0 Å². The van der Waals surface area contributed by atoms with Crippen LogP contribution in [-0.4, -0.2) is 21.5 Å². The molecule has 0 amide bonds. The number of thiazole rings is 1. The van der Waals surface area contributed by atoms with Crippen LogP contribution in [0.5, 0.6) is 0 Å². The topological polar surface area (TPSA) is 50.7 Å². The van der Waals surface area contributed by atoms with Crippen molar-refractivity contribution in [2.24, 2.45) is 0 Å². The Morgan fingerprint density at radius 1 is 1.25 bits per heavy atom. The zero-order valence-corrected chi connectivity index (χ0v) is 14.8. The first-order valence-electron chi connectivity index (χ1n) is 6.57. The molecule has 20 heavy (non-hydrogen) atoms. The van der Waals surface area contributed by atoms with Crippen LogP contribution in [0, 0.1) is 6.92 Å². The van der Waals surface area contributed by atoms with Gasteiger partial charge in [0.15, 0.2) is 5.82 Å². The number of hydrogen-bond acceptors (Lipinski definition) is 5. The van der Waals surface area contributed by atoms with Crippen LogP contribution in [0.2, 0.25) is 0 Å². The van der Waals surface area contributed by atoms with Crippen LogP contribution in [0.4, 0.5) is 5.82 Å². The van der Waals surface area contributed by atoms with E-state index in [9.17, 15) is 0 Å². The smallest absolute Gasteiger partial charge is 0.181 e. The number of halogens is 1. The summed E-state index contributed by atoms with van der Waals surface area (Å²) in [5.41, 5.74) is 1.81. The predicted octanol–water partition coefficient (Wildman–Crippen LogP) is 4.40. The summed E-state index contributed by atoms with van der Waals surface area (Å²) in [4.78, 5) is 13.8. The molecule has 0 aliphatic carbocycles. The highest BCUT2D eigenvalue weighted by Crippen LogP contribution is 2.31. The van der Waals surface area contributed by atoms with Gasteiger partial charge in [0.05, 0.1) is 15.2 Å². The third-order valence-electron chi connectivity index (χ3n) is 2.74. The van der Waals surface area contributed by atoms with Gasteiger partial charge in [-0.2, -0.15) is 0 Å². The first kappa shape index (κ1) is 15.4. The quantitative estimate of drug-likeness (QED) is 0.887. The summed E-state index contributed by atoms with van der Waals surface area (Å²) in [5.74, 6) is 1.49. The van der Waals surface area contributed by atoms with E-state index in [0.717, 1.165) is 33.2 Å². The van der Waals surface area contributed by atoms with Crippen molar-refractivity contribution in [2.75, 3.05) is 11.9 Å². The molecule has 2 heterocycles. The Kier molecular flexibility index (Phi) is 4.44. The fourth-order valence-corrected chi connectivity index (χ4v) is 2.88. The van der Waals surface area contributed by atoms with Gasteiger partial charge in [-0.3, -0.25) is 0 Å². The van der Waals surface area contributed by atoms with Crippen LogP contribution in [0.3, 0.4) is 0 Å². The molecule has 0 saturated carbocycles. The maximum absolute atomic E-state index is 4.67. The number of anilines is 1. The lowest BCUT2D eigenvalue weighted by Crippen LogP contribution is -2.10. The Bertz CT molecular complexity index is 616. The summed E-state index contributed by atoms with van der Waals surface area (Å²) < 4.78 is 0.911. The van der Waals surface area contributed by atoms with Crippen LogP contribution >= 0.6 is 27.3 Å². The van der Waals surface area contributed by atoms with E-state index < -0.39 is 0 Å². The van der Waals surface area contributed by atoms with E-state index >= 15 is 0 Å². The Morgan fingerprint density at radius 2 is 1.95 bits per heavy atom. The molecule has 0 aliphatic rings. The lowest BCUT2D eigenvalue weighted by Gasteiger charge is -2.13. The second kappa shape index (κ2) is 5.77. The van der Waals surface area contributed by atoms with Crippen molar-refractivity contribution in [3.8, 4) is 11.5 Å². The number of aromatic nitrogens is 3. The molecular formula is C14H19BrN4S. The van der Waals surface area contributed by atoms with Gasteiger partial charge in [-0.1, -0.05) is 20.8 Å². The van der Waals surface area contributed by atoms with E-state index in [-0.39, 0.29) is 5.41 Å². The molecule has 2 aromatic heterocycles. The Hall–Kier alpha value is -1.01. The van der Waals surface area contributed by atoms with Gasteiger partial charge in [-0.05, 0) is 29.8 Å². The average Bonchev–Trinajstić information content (AvgIpc) is 2.84. The van der Waals surface area contributed by atoms with Gasteiger partial charge in [-0.15, -0.1) is 11.3 Å². The average molecular weight is 355 g/mol. The highest BCUT2D eigenvalue weighted by Gasteiger charge is 2.20. The van der Waals surface area contributed by atoms with Gasteiger partial charge in [0.2, 0.25) is 0 Å². The molecule has 0 spiro atoms. The lowest BCUT2D eigenvalue weighted by molar-refractivity contribution is 0.586. The SMILES string of the molecule is CCNc1nc(-c2csc(C(C)(C)C)n2)nc(C)c1Br. The molecular weight excluding hydrogens is 336 g/mol. The fraction of sp³-hybridized carbons (Fsp3) is 0.500. The van der Waals surface area contributed by atoms with Crippen molar-refractivity contribution in [3.05, 3.63) is 20.6 Å². The predicted molar refractivity (Wildman–Crippen MR) is 88.4 cm³/mol. The molecule has 2 aromatic rings. The summed E-state index contributed by atoms with van der Waals surface area (Å²) in [5, 5.41) is 6.37. The maximum atomic E-state index is 4.67. The molecule has 1 N–H and O–H groups in total. The summed E-state index contributed by atoms with van der Waals surface area (Å²) >= 11 is 5.18. The van der Waals surface area contributed by atoms with Crippen molar-refractivity contribution in [2.45, 2.75) is 40.0 Å². The molecule has 108 valence electrons. The third-order valence-corrected chi connectivity index (χ3v) is 4.95. The minimum atomic E-state index is 0.0534. The van der Waals surface area contributed by atoms with Crippen molar-refractivity contribution < 1.29 is 0 Å². The molecule has 0 unspecified atom stereocenters. The van der Waals surface area contributed by atoms with E-state index in [1.54, 1.807) is 11.3 Å². The van der Waals surface area contributed by atoms with Crippen molar-refractivity contribution in [1.29, 1.82) is 0 Å². The second-order valence-corrected chi connectivity index (χ2v) is 7.26. The Labute approximate surface area is 132 Å². The minimum absolute atomic E-state index is 0.0534. The summed E-state index contributed by atoms with van der Waals surface area (Å²) in [7, 11) is 0. The van der Waals surface area contributed by atoms with Gasteiger partial charge < -0.3 is 5.32 Å². The van der Waals surface area contributed by atoms with Crippen LogP contribution < -0.4 is 5.32 Å². The van der Waals surface area contributed by atoms with Gasteiger partial charge in [-0.25, -0.2) is 15.0 Å². The van der Waals surface area contributed by atoms with Crippen molar-refractivity contribution in [3.63, 3.8) is 0 Å².